The summed E-state index contributed by atoms with van der Waals surface area (Å²) in [6.45, 7) is 2.09. The Morgan fingerprint density at radius 2 is 1.73 bits per heavy atom. The van der Waals surface area contributed by atoms with Crippen molar-refractivity contribution in [3.8, 4) is 22.8 Å². The van der Waals surface area contributed by atoms with E-state index in [4.69, 9.17) is 27.9 Å². The Morgan fingerprint density at radius 3 is 2.43 bits per heavy atom. The summed E-state index contributed by atoms with van der Waals surface area (Å²) in [6.07, 6.45) is 0. The molecule has 4 aromatic rings. The van der Waals surface area contributed by atoms with Crippen LogP contribution in [0.1, 0.15) is 11.1 Å². The Kier molecular flexibility index (Phi) is 6.32. The average molecular weight is 456 g/mol. The van der Waals surface area contributed by atoms with Crippen LogP contribution in [0.2, 0.25) is 10.0 Å². The van der Waals surface area contributed by atoms with Crippen LogP contribution in [0.15, 0.2) is 71.9 Å². The summed E-state index contributed by atoms with van der Waals surface area (Å²) in [7, 11) is 1.65. The SMILES string of the molecule is COc1ccc(-c2nnc(SCc3cccc(C)c3)n2-c2ccc(Cl)c(Cl)c2)cc1. The first-order valence-corrected chi connectivity index (χ1v) is 11.0. The van der Waals surface area contributed by atoms with Crippen molar-refractivity contribution in [3.63, 3.8) is 0 Å². The van der Waals surface area contributed by atoms with Gasteiger partial charge < -0.3 is 4.74 Å². The molecule has 0 saturated heterocycles. The molecule has 0 fully saturated rings. The highest BCUT2D eigenvalue weighted by atomic mass is 35.5. The van der Waals surface area contributed by atoms with Gasteiger partial charge >= 0.3 is 0 Å². The van der Waals surface area contributed by atoms with Gasteiger partial charge in [0.1, 0.15) is 5.75 Å². The van der Waals surface area contributed by atoms with Crippen LogP contribution in [0.3, 0.4) is 0 Å². The molecule has 0 spiro atoms. The van der Waals surface area contributed by atoms with Gasteiger partial charge in [0.2, 0.25) is 0 Å². The number of ether oxygens (including phenoxy) is 1. The van der Waals surface area contributed by atoms with Crippen LogP contribution in [0.4, 0.5) is 0 Å². The number of hydrogen-bond acceptors (Lipinski definition) is 4. The van der Waals surface area contributed by atoms with Crippen molar-refractivity contribution in [1.29, 1.82) is 0 Å². The molecule has 1 heterocycles. The first kappa shape index (κ1) is 20.8. The third-order valence-corrected chi connectivity index (χ3v) is 6.33. The fourth-order valence-electron chi connectivity index (χ4n) is 3.10. The summed E-state index contributed by atoms with van der Waals surface area (Å²) in [5.41, 5.74) is 4.25. The van der Waals surface area contributed by atoms with Gasteiger partial charge in [0.15, 0.2) is 11.0 Å². The number of nitrogens with zero attached hydrogens (tertiary/aromatic N) is 3. The first-order valence-electron chi connectivity index (χ1n) is 9.29. The van der Waals surface area contributed by atoms with E-state index in [1.807, 2.05) is 41.0 Å². The molecule has 3 aromatic carbocycles. The normalized spacial score (nSPS) is 10.9. The average Bonchev–Trinajstić information content (AvgIpc) is 3.18. The molecule has 0 unspecified atom stereocenters. The molecular weight excluding hydrogens is 437 g/mol. The molecule has 0 N–H and O–H groups in total. The number of thioether (sulfide) groups is 1. The number of benzene rings is 3. The van der Waals surface area contributed by atoms with Gasteiger partial charge in [0, 0.05) is 11.3 Å². The Labute approximate surface area is 189 Å². The van der Waals surface area contributed by atoms with E-state index < -0.39 is 0 Å². The van der Waals surface area contributed by atoms with Crippen LogP contribution in [0.25, 0.3) is 17.1 Å². The number of halogens is 2. The number of aryl methyl sites for hydroxylation is 1. The zero-order valence-electron chi connectivity index (χ0n) is 16.5. The fourth-order valence-corrected chi connectivity index (χ4v) is 4.28. The van der Waals surface area contributed by atoms with Crippen LogP contribution in [0, 0.1) is 6.92 Å². The maximum absolute atomic E-state index is 6.30. The summed E-state index contributed by atoms with van der Waals surface area (Å²) < 4.78 is 7.28. The summed E-state index contributed by atoms with van der Waals surface area (Å²) in [4.78, 5) is 0. The molecule has 0 aliphatic rings. The van der Waals surface area contributed by atoms with Crippen molar-refractivity contribution in [1.82, 2.24) is 14.8 Å². The molecule has 0 atom stereocenters. The molecule has 0 aliphatic heterocycles. The molecule has 0 amide bonds. The maximum atomic E-state index is 6.30. The number of methoxy groups -OCH3 is 1. The third-order valence-electron chi connectivity index (χ3n) is 4.59. The molecule has 0 saturated carbocycles. The van der Waals surface area contributed by atoms with Crippen LogP contribution in [0.5, 0.6) is 5.75 Å². The molecule has 7 heteroatoms. The second-order valence-electron chi connectivity index (χ2n) is 6.75. The summed E-state index contributed by atoms with van der Waals surface area (Å²) in [5.74, 6) is 2.29. The first-order chi connectivity index (χ1) is 14.5. The Balaban J connectivity index is 1.75. The highest BCUT2D eigenvalue weighted by Gasteiger charge is 2.17. The van der Waals surface area contributed by atoms with Crippen molar-refractivity contribution < 1.29 is 4.74 Å². The minimum atomic E-state index is 0.484. The second-order valence-corrected chi connectivity index (χ2v) is 8.50. The van der Waals surface area contributed by atoms with E-state index in [9.17, 15) is 0 Å². The molecule has 0 bridgehead atoms. The Morgan fingerprint density at radius 1 is 0.933 bits per heavy atom. The van der Waals surface area contributed by atoms with E-state index in [-0.39, 0.29) is 0 Å². The van der Waals surface area contributed by atoms with Crippen LogP contribution in [-0.4, -0.2) is 21.9 Å². The highest BCUT2D eigenvalue weighted by Crippen LogP contribution is 2.33. The summed E-state index contributed by atoms with van der Waals surface area (Å²) in [5, 5.41) is 10.7. The van der Waals surface area contributed by atoms with Crippen molar-refractivity contribution in [2.45, 2.75) is 17.8 Å². The molecular formula is C23H19Cl2N3OS. The number of hydrogen-bond donors (Lipinski definition) is 0. The maximum Gasteiger partial charge on any atom is 0.196 e. The zero-order valence-corrected chi connectivity index (χ0v) is 18.8. The largest absolute Gasteiger partial charge is 0.497 e. The number of rotatable bonds is 6. The lowest BCUT2D eigenvalue weighted by Crippen LogP contribution is -2.00. The summed E-state index contributed by atoms with van der Waals surface area (Å²) in [6, 6.07) is 21.7. The van der Waals surface area contributed by atoms with Crippen molar-refractivity contribution in [2.75, 3.05) is 7.11 Å². The quantitative estimate of drug-likeness (QED) is 0.298. The fraction of sp³-hybridized carbons (Fsp3) is 0.130. The molecule has 4 nitrogen and oxygen atoms in total. The molecule has 0 aliphatic carbocycles. The van der Waals surface area contributed by atoms with Crippen LogP contribution in [-0.2, 0) is 5.75 Å². The molecule has 4 rings (SSSR count). The number of aromatic nitrogens is 3. The lowest BCUT2D eigenvalue weighted by molar-refractivity contribution is 0.415. The molecule has 152 valence electrons. The summed E-state index contributed by atoms with van der Waals surface area (Å²) >= 11 is 14.1. The van der Waals surface area contributed by atoms with Crippen LogP contribution >= 0.6 is 35.0 Å². The van der Waals surface area contributed by atoms with Gasteiger partial charge in [-0.3, -0.25) is 4.57 Å². The van der Waals surface area contributed by atoms with Gasteiger partial charge in [0.05, 0.1) is 22.8 Å². The lowest BCUT2D eigenvalue weighted by Gasteiger charge is -2.12. The lowest BCUT2D eigenvalue weighted by atomic mass is 10.2. The van der Waals surface area contributed by atoms with Gasteiger partial charge in [-0.25, -0.2) is 0 Å². The topological polar surface area (TPSA) is 39.9 Å². The molecule has 30 heavy (non-hydrogen) atoms. The van der Waals surface area contributed by atoms with Crippen molar-refractivity contribution in [2.24, 2.45) is 0 Å². The monoisotopic (exact) mass is 455 g/mol. The molecule has 1 aromatic heterocycles. The van der Waals surface area contributed by atoms with E-state index in [0.717, 1.165) is 33.7 Å². The Bertz CT molecular complexity index is 1180. The van der Waals surface area contributed by atoms with Gasteiger partial charge in [-0.1, -0.05) is 64.8 Å². The predicted molar refractivity (Wildman–Crippen MR) is 124 cm³/mol. The minimum Gasteiger partial charge on any atom is -0.497 e. The van der Waals surface area contributed by atoms with E-state index in [1.165, 1.54) is 11.1 Å². The second kappa shape index (κ2) is 9.13. The van der Waals surface area contributed by atoms with E-state index >= 15 is 0 Å². The molecule has 0 radical (unpaired) electrons. The van der Waals surface area contributed by atoms with E-state index in [0.29, 0.717) is 10.0 Å². The van der Waals surface area contributed by atoms with E-state index in [1.54, 1.807) is 24.9 Å². The smallest absolute Gasteiger partial charge is 0.196 e. The Hall–Kier alpha value is -2.47. The van der Waals surface area contributed by atoms with Crippen molar-refractivity contribution >= 4 is 35.0 Å². The van der Waals surface area contributed by atoms with Crippen molar-refractivity contribution in [3.05, 3.63) is 87.9 Å². The van der Waals surface area contributed by atoms with Gasteiger partial charge in [0.25, 0.3) is 0 Å². The van der Waals surface area contributed by atoms with Gasteiger partial charge in [-0.05, 0) is 55.0 Å². The third kappa shape index (κ3) is 4.48. The minimum absolute atomic E-state index is 0.484. The highest BCUT2D eigenvalue weighted by molar-refractivity contribution is 7.98. The van der Waals surface area contributed by atoms with Gasteiger partial charge in [-0.15, -0.1) is 10.2 Å². The predicted octanol–water partition coefficient (Wildman–Crippen LogP) is 6.85. The zero-order chi connectivity index (χ0) is 21.1. The van der Waals surface area contributed by atoms with Crippen LogP contribution < -0.4 is 4.74 Å². The standard InChI is InChI=1S/C23H19Cl2N3OS/c1-15-4-3-5-16(12-15)14-30-23-27-26-22(17-6-9-19(29-2)10-7-17)28(23)18-8-11-20(24)21(25)13-18/h3-13H,14H2,1-2H3. The van der Waals surface area contributed by atoms with Gasteiger partial charge in [-0.2, -0.15) is 0 Å². The van der Waals surface area contributed by atoms with E-state index in [2.05, 4.69) is 41.4 Å².